The maximum atomic E-state index is 15.6. The zero-order valence-electron chi connectivity index (χ0n) is 18.6. The lowest BCUT2D eigenvalue weighted by Gasteiger charge is -2.37. The van der Waals surface area contributed by atoms with Gasteiger partial charge in [-0.25, -0.2) is 19.6 Å². The highest BCUT2D eigenvalue weighted by Gasteiger charge is 2.58. The summed E-state index contributed by atoms with van der Waals surface area (Å²) in [7, 11) is 0. The van der Waals surface area contributed by atoms with Crippen LogP contribution >= 0.6 is 0 Å². The van der Waals surface area contributed by atoms with E-state index in [0.717, 1.165) is 30.5 Å². The quantitative estimate of drug-likeness (QED) is 0.127. The molecule has 8 nitrogen and oxygen atoms in total. The maximum Gasteiger partial charge on any atom is 0.417 e. The van der Waals surface area contributed by atoms with E-state index in [2.05, 4.69) is 15.1 Å². The number of aromatic nitrogens is 2. The summed E-state index contributed by atoms with van der Waals surface area (Å²) < 4.78 is 102. The molecule has 0 saturated heterocycles. The van der Waals surface area contributed by atoms with Gasteiger partial charge in [-0.05, 0) is 24.3 Å². The number of hydrazine groups is 1. The van der Waals surface area contributed by atoms with Crippen LogP contribution in [0.2, 0.25) is 0 Å². The van der Waals surface area contributed by atoms with Crippen LogP contribution in [0.4, 0.5) is 30.7 Å². The fourth-order valence-corrected chi connectivity index (χ4v) is 3.27. The minimum atomic E-state index is -4.58. The smallest absolute Gasteiger partial charge is 0.417 e. The predicted molar refractivity (Wildman–Crippen MR) is 116 cm³/mol. The van der Waals surface area contributed by atoms with E-state index in [9.17, 15) is 27.1 Å². The van der Waals surface area contributed by atoms with Crippen molar-refractivity contribution in [1.29, 1.82) is 0 Å². The molecule has 1 aromatic carbocycles. The van der Waals surface area contributed by atoms with Gasteiger partial charge >= 0.3 is 12.1 Å². The van der Waals surface area contributed by atoms with Gasteiger partial charge in [0.2, 0.25) is 5.88 Å². The second-order valence-electron chi connectivity index (χ2n) is 7.72. The van der Waals surface area contributed by atoms with Crippen molar-refractivity contribution in [3.63, 3.8) is 0 Å². The molecule has 0 aliphatic heterocycles. The van der Waals surface area contributed by atoms with Gasteiger partial charge in [0.25, 0.3) is 0 Å². The van der Waals surface area contributed by atoms with Crippen molar-refractivity contribution in [3.8, 4) is 5.88 Å². The molecule has 15 heteroatoms. The van der Waals surface area contributed by atoms with Gasteiger partial charge in [0.15, 0.2) is 5.60 Å². The Kier molecular flexibility index (Phi) is 7.88. The molecule has 0 amide bonds. The van der Waals surface area contributed by atoms with Gasteiger partial charge < -0.3 is 15.7 Å². The fourth-order valence-electron chi connectivity index (χ4n) is 3.27. The molecule has 0 bridgehead atoms. The molecule has 3 aromatic rings. The first kappa shape index (κ1) is 27.6. The molecule has 37 heavy (non-hydrogen) atoms. The molecule has 0 fully saturated rings. The van der Waals surface area contributed by atoms with Crippen LogP contribution in [0.15, 0.2) is 60.0 Å². The third-order valence-corrected chi connectivity index (χ3v) is 5.12. The Balaban J connectivity index is 1.86. The Labute approximate surface area is 205 Å². The SMILES string of the molecule is N/N=C/N(N)CC(O)(c1ccc(F)cc1F)C(F)(F)c1ccc(COc2ccc(C(F)(F)F)cn2)cn1. The van der Waals surface area contributed by atoms with E-state index in [1.54, 1.807) is 0 Å². The molecule has 0 spiro atoms. The topological polar surface area (TPSA) is 123 Å². The summed E-state index contributed by atoms with van der Waals surface area (Å²) in [5.74, 6) is 3.49. The van der Waals surface area contributed by atoms with Crippen molar-refractivity contribution >= 4 is 6.34 Å². The number of pyridine rings is 2. The Morgan fingerprint density at radius 2 is 1.73 bits per heavy atom. The molecule has 1 unspecified atom stereocenters. The number of nitrogens with two attached hydrogens (primary N) is 2. The van der Waals surface area contributed by atoms with Crippen LogP contribution in [0.3, 0.4) is 0 Å². The van der Waals surface area contributed by atoms with Crippen molar-refractivity contribution < 1.29 is 40.6 Å². The highest BCUT2D eigenvalue weighted by atomic mass is 19.4. The fraction of sp³-hybridized carbons (Fsp3) is 0.227. The number of hydrazone groups is 1. The van der Waals surface area contributed by atoms with Crippen molar-refractivity contribution in [1.82, 2.24) is 15.0 Å². The van der Waals surface area contributed by atoms with Crippen LogP contribution in [-0.4, -0.2) is 33.0 Å². The van der Waals surface area contributed by atoms with Crippen LogP contribution in [0, 0.1) is 11.6 Å². The summed E-state index contributed by atoms with van der Waals surface area (Å²) >= 11 is 0. The number of hydrogen-bond donors (Lipinski definition) is 3. The zero-order valence-corrected chi connectivity index (χ0v) is 18.6. The van der Waals surface area contributed by atoms with E-state index in [1.807, 2.05) is 0 Å². The second-order valence-corrected chi connectivity index (χ2v) is 7.72. The van der Waals surface area contributed by atoms with E-state index < -0.39 is 52.7 Å². The van der Waals surface area contributed by atoms with Gasteiger partial charge in [-0.1, -0.05) is 6.07 Å². The molecule has 198 valence electrons. The summed E-state index contributed by atoms with van der Waals surface area (Å²) in [6.07, 6.45) is -2.35. The van der Waals surface area contributed by atoms with Gasteiger partial charge in [-0.3, -0.25) is 9.99 Å². The maximum absolute atomic E-state index is 15.6. The van der Waals surface area contributed by atoms with Crippen LogP contribution in [0.1, 0.15) is 22.4 Å². The average molecular weight is 532 g/mol. The van der Waals surface area contributed by atoms with E-state index >= 15 is 8.78 Å². The lowest BCUT2D eigenvalue weighted by Crippen LogP contribution is -2.53. The first-order valence-electron chi connectivity index (χ1n) is 10.2. The highest BCUT2D eigenvalue weighted by Crippen LogP contribution is 2.46. The Hall–Kier alpha value is -3.98. The molecular weight excluding hydrogens is 513 g/mol. The standard InChI is InChI=1S/C22H19F7N6O2/c23-15-3-4-16(17(24)7-15)20(36,11-35(31)12-34-30)21(25,26)18-5-1-13(8-32-18)10-37-19-6-2-14(9-33-19)22(27,28)29/h1-9,12,36H,10-11,30-31H2/b34-12+. The minimum Gasteiger partial charge on any atom is -0.473 e. The van der Waals surface area contributed by atoms with Crippen molar-refractivity contribution in [3.05, 3.63) is 88.9 Å². The van der Waals surface area contributed by atoms with Crippen molar-refractivity contribution in [2.45, 2.75) is 24.3 Å². The molecule has 3 rings (SSSR count). The number of hydrogen-bond acceptors (Lipinski definition) is 7. The lowest BCUT2D eigenvalue weighted by molar-refractivity contribution is -0.203. The van der Waals surface area contributed by atoms with Crippen LogP contribution in [-0.2, 0) is 24.3 Å². The predicted octanol–water partition coefficient (Wildman–Crippen LogP) is 3.41. The number of halogens is 7. The first-order chi connectivity index (χ1) is 17.3. The summed E-state index contributed by atoms with van der Waals surface area (Å²) in [6, 6.07) is 5.35. The molecule has 2 heterocycles. The average Bonchev–Trinajstić information content (AvgIpc) is 2.82. The van der Waals surface area contributed by atoms with Crippen LogP contribution in [0.5, 0.6) is 5.88 Å². The number of alkyl halides is 5. The van der Waals surface area contributed by atoms with E-state index in [0.29, 0.717) is 35.7 Å². The monoisotopic (exact) mass is 532 g/mol. The molecule has 2 aromatic heterocycles. The molecule has 5 N–H and O–H groups in total. The molecule has 0 aliphatic carbocycles. The van der Waals surface area contributed by atoms with Gasteiger partial charge in [0.1, 0.15) is 30.3 Å². The Bertz CT molecular complexity index is 1240. The van der Waals surface area contributed by atoms with Crippen LogP contribution < -0.4 is 16.4 Å². The van der Waals surface area contributed by atoms with E-state index in [-0.39, 0.29) is 18.1 Å². The van der Waals surface area contributed by atoms with E-state index in [1.165, 1.54) is 0 Å². The number of rotatable bonds is 9. The summed E-state index contributed by atoms with van der Waals surface area (Å²) in [4.78, 5) is 7.15. The number of aliphatic hydroxyl groups is 1. The normalized spacial score (nSPS) is 14.0. The number of nitrogens with zero attached hydrogens (tertiary/aromatic N) is 4. The molecule has 1 atom stereocenters. The van der Waals surface area contributed by atoms with Gasteiger partial charge in [0.05, 0.1) is 12.1 Å². The van der Waals surface area contributed by atoms with Gasteiger partial charge in [0, 0.05) is 35.7 Å². The van der Waals surface area contributed by atoms with E-state index in [4.69, 9.17) is 16.4 Å². The second kappa shape index (κ2) is 10.6. The Morgan fingerprint density at radius 1 is 1.00 bits per heavy atom. The largest absolute Gasteiger partial charge is 0.473 e. The van der Waals surface area contributed by atoms with Crippen molar-refractivity contribution in [2.75, 3.05) is 6.54 Å². The molecular formula is C22H19F7N6O2. The lowest BCUT2D eigenvalue weighted by atomic mass is 9.84. The molecule has 0 aliphatic rings. The molecule has 0 radical (unpaired) electrons. The minimum absolute atomic E-state index is 0.159. The summed E-state index contributed by atoms with van der Waals surface area (Å²) in [6.45, 7) is -1.42. The van der Waals surface area contributed by atoms with Gasteiger partial charge in [-0.2, -0.15) is 27.1 Å². The third kappa shape index (κ3) is 6.06. The van der Waals surface area contributed by atoms with Crippen LogP contribution in [0.25, 0.3) is 0 Å². The van der Waals surface area contributed by atoms with Crippen molar-refractivity contribution in [2.24, 2.45) is 16.8 Å². The zero-order chi connectivity index (χ0) is 27.4. The third-order valence-electron chi connectivity index (χ3n) is 5.12. The summed E-state index contributed by atoms with van der Waals surface area (Å²) in [5.41, 5.74) is -6.11. The highest BCUT2D eigenvalue weighted by molar-refractivity contribution is 5.53. The summed E-state index contributed by atoms with van der Waals surface area (Å²) in [5, 5.41) is 14.6. The van der Waals surface area contributed by atoms with Gasteiger partial charge in [-0.15, -0.1) is 0 Å². The number of ether oxygens (including phenoxy) is 1. The first-order valence-corrected chi connectivity index (χ1v) is 10.2. The number of benzene rings is 1. The molecule has 0 saturated carbocycles. The Morgan fingerprint density at radius 3 is 2.27 bits per heavy atom.